The summed E-state index contributed by atoms with van der Waals surface area (Å²) >= 11 is 0. The van der Waals surface area contributed by atoms with E-state index >= 15 is 0 Å². The highest BCUT2D eigenvalue weighted by Gasteiger charge is 2.57. The Hall–Kier alpha value is -2.41. The van der Waals surface area contributed by atoms with Gasteiger partial charge in [-0.1, -0.05) is 19.1 Å². The molecule has 2 atom stereocenters. The third-order valence-corrected chi connectivity index (χ3v) is 6.48. The molecule has 0 radical (unpaired) electrons. The first-order chi connectivity index (χ1) is 12.8. The number of hydrogen-bond acceptors (Lipinski definition) is 5. The van der Waals surface area contributed by atoms with Crippen molar-refractivity contribution in [3.8, 4) is 11.4 Å². The fourth-order valence-electron chi connectivity index (χ4n) is 4.80. The van der Waals surface area contributed by atoms with Gasteiger partial charge in [-0.05, 0) is 38.2 Å². The number of carbonyl (C=O) groups excluding carboxylic acids is 1. The van der Waals surface area contributed by atoms with Gasteiger partial charge < -0.3 is 14.5 Å². The van der Waals surface area contributed by atoms with E-state index in [-0.39, 0.29) is 16.7 Å². The van der Waals surface area contributed by atoms with E-state index in [0.717, 1.165) is 43.3 Å². The number of amides is 1. The van der Waals surface area contributed by atoms with E-state index in [2.05, 4.69) is 36.1 Å². The average molecular weight is 369 g/mol. The molecule has 2 aliphatic heterocycles. The Bertz CT molecular complexity index is 857. The first kappa shape index (κ1) is 18.0. The fourth-order valence-corrected chi connectivity index (χ4v) is 4.80. The van der Waals surface area contributed by atoms with E-state index in [1.54, 1.807) is 11.8 Å². The lowest BCUT2D eigenvalue weighted by Crippen LogP contribution is -2.35. The number of aromatic nitrogens is 3. The van der Waals surface area contributed by atoms with Crippen LogP contribution >= 0.6 is 0 Å². The predicted molar refractivity (Wildman–Crippen MR) is 102 cm³/mol. The van der Waals surface area contributed by atoms with Gasteiger partial charge in [0.2, 0.25) is 0 Å². The highest BCUT2D eigenvalue weighted by atomic mass is 16.5. The second-order valence-electron chi connectivity index (χ2n) is 8.59. The Morgan fingerprint density at radius 3 is 2.22 bits per heavy atom. The summed E-state index contributed by atoms with van der Waals surface area (Å²) in [5.41, 5.74) is 2.30. The number of ether oxygens (including phenoxy) is 1. The molecule has 0 spiro atoms. The van der Waals surface area contributed by atoms with Gasteiger partial charge in [-0.2, -0.15) is 0 Å². The van der Waals surface area contributed by atoms with Crippen molar-refractivity contribution < 1.29 is 9.53 Å². The second kappa shape index (κ2) is 6.05. The Morgan fingerprint density at radius 1 is 1.07 bits per heavy atom. The molecule has 1 aromatic heterocycles. The topological polar surface area (TPSA) is 63.5 Å². The van der Waals surface area contributed by atoms with Gasteiger partial charge in [-0.25, -0.2) is 4.68 Å². The van der Waals surface area contributed by atoms with Crippen LogP contribution in [0.15, 0.2) is 24.3 Å². The van der Waals surface area contributed by atoms with Crippen LogP contribution in [-0.2, 0) is 0 Å². The molecule has 0 aliphatic carbocycles. The second-order valence-corrected chi connectivity index (χ2v) is 8.59. The van der Waals surface area contributed by atoms with E-state index in [4.69, 9.17) is 4.74 Å². The van der Waals surface area contributed by atoms with Crippen LogP contribution in [0.3, 0.4) is 0 Å². The van der Waals surface area contributed by atoms with Crippen molar-refractivity contribution in [3.05, 3.63) is 35.7 Å². The molecule has 27 heavy (non-hydrogen) atoms. The monoisotopic (exact) mass is 369 g/mol. The maximum Gasteiger partial charge on any atom is 0.276 e. The molecule has 0 bridgehead atoms. The Balaban J connectivity index is 1.58. The standard InChI is InChI=1S/C20H27N5O2/c1-14-17(21-22-25(14)15-6-8-16(27-5)9-7-15)18(26)24-12-19(2)10-23(4)11-20(19,3)13-24/h6-9H,10-13H2,1-5H3. The average Bonchev–Trinajstić information content (AvgIpc) is 3.19. The van der Waals surface area contributed by atoms with Crippen molar-refractivity contribution in [2.75, 3.05) is 40.3 Å². The highest BCUT2D eigenvalue weighted by molar-refractivity contribution is 5.93. The van der Waals surface area contributed by atoms with Crippen LogP contribution in [0.4, 0.5) is 0 Å². The van der Waals surface area contributed by atoms with Crippen LogP contribution in [0, 0.1) is 17.8 Å². The zero-order valence-corrected chi connectivity index (χ0v) is 16.7. The first-order valence-corrected chi connectivity index (χ1v) is 9.31. The normalized spacial score (nSPS) is 27.8. The summed E-state index contributed by atoms with van der Waals surface area (Å²) in [7, 11) is 3.79. The molecule has 0 N–H and O–H groups in total. The van der Waals surface area contributed by atoms with E-state index < -0.39 is 0 Å². The van der Waals surface area contributed by atoms with E-state index in [0.29, 0.717) is 5.69 Å². The third-order valence-electron chi connectivity index (χ3n) is 6.48. The van der Waals surface area contributed by atoms with Gasteiger partial charge in [0.15, 0.2) is 5.69 Å². The summed E-state index contributed by atoms with van der Waals surface area (Å²) in [6.07, 6.45) is 0. The van der Waals surface area contributed by atoms with Gasteiger partial charge in [0.25, 0.3) is 5.91 Å². The molecule has 2 fully saturated rings. The van der Waals surface area contributed by atoms with Crippen molar-refractivity contribution in [2.24, 2.45) is 10.8 Å². The van der Waals surface area contributed by atoms with Crippen molar-refractivity contribution in [3.63, 3.8) is 0 Å². The SMILES string of the molecule is COc1ccc(-n2nnc(C(=O)N3CC4(C)CN(C)CC4(C)C3)c2C)cc1. The molecule has 2 aromatic rings. The largest absolute Gasteiger partial charge is 0.497 e. The Kier molecular flexibility index (Phi) is 4.03. The molecule has 2 unspecified atom stereocenters. The molecule has 2 aliphatic rings. The smallest absolute Gasteiger partial charge is 0.276 e. The number of benzene rings is 1. The third kappa shape index (κ3) is 2.72. The van der Waals surface area contributed by atoms with Crippen LogP contribution in [0.2, 0.25) is 0 Å². The minimum Gasteiger partial charge on any atom is -0.497 e. The Labute approximate surface area is 159 Å². The van der Waals surface area contributed by atoms with Crippen LogP contribution in [0.1, 0.15) is 30.0 Å². The molecule has 7 nitrogen and oxygen atoms in total. The molecule has 1 aromatic carbocycles. The zero-order valence-electron chi connectivity index (χ0n) is 16.7. The van der Waals surface area contributed by atoms with E-state index in [1.165, 1.54) is 0 Å². The lowest BCUT2D eigenvalue weighted by Gasteiger charge is -2.30. The van der Waals surface area contributed by atoms with Crippen molar-refractivity contribution in [1.29, 1.82) is 0 Å². The number of hydrogen-bond donors (Lipinski definition) is 0. The summed E-state index contributed by atoms with van der Waals surface area (Å²) in [5.74, 6) is 0.759. The summed E-state index contributed by atoms with van der Waals surface area (Å²) in [6, 6.07) is 7.56. The van der Waals surface area contributed by atoms with Crippen LogP contribution in [0.25, 0.3) is 5.69 Å². The quantitative estimate of drug-likeness (QED) is 0.828. The lowest BCUT2D eigenvalue weighted by molar-refractivity contribution is 0.0754. The Morgan fingerprint density at radius 2 is 1.67 bits per heavy atom. The molecule has 4 rings (SSSR count). The van der Waals surface area contributed by atoms with Gasteiger partial charge in [-0.3, -0.25) is 4.79 Å². The van der Waals surface area contributed by atoms with Crippen molar-refractivity contribution in [2.45, 2.75) is 20.8 Å². The van der Waals surface area contributed by atoms with Gasteiger partial charge >= 0.3 is 0 Å². The molecule has 1 amide bonds. The molecule has 144 valence electrons. The lowest BCUT2D eigenvalue weighted by atomic mass is 9.71. The van der Waals surface area contributed by atoms with Gasteiger partial charge in [0, 0.05) is 37.0 Å². The number of carbonyl (C=O) groups is 1. The zero-order chi connectivity index (χ0) is 19.4. The van der Waals surface area contributed by atoms with E-state index in [9.17, 15) is 4.79 Å². The number of methoxy groups -OCH3 is 1. The molecule has 2 saturated heterocycles. The summed E-state index contributed by atoms with van der Waals surface area (Å²) < 4.78 is 6.91. The number of rotatable bonds is 3. The maximum atomic E-state index is 13.2. The van der Waals surface area contributed by atoms with Crippen molar-refractivity contribution in [1.82, 2.24) is 24.8 Å². The molecule has 7 heteroatoms. The first-order valence-electron chi connectivity index (χ1n) is 9.31. The predicted octanol–water partition coefficient (Wildman–Crippen LogP) is 2.00. The molecular weight excluding hydrogens is 342 g/mol. The summed E-state index contributed by atoms with van der Waals surface area (Å²) in [4.78, 5) is 17.5. The number of likely N-dealkylation sites (tertiary alicyclic amines) is 2. The fraction of sp³-hybridized carbons (Fsp3) is 0.550. The van der Waals surface area contributed by atoms with Crippen LogP contribution in [0.5, 0.6) is 5.75 Å². The number of nitrogens with zero attached hydrogens (tertiary/aromatic N) is 5. The van der Waals surface area contributed by atoms with Gasteiger partial charge in [0.1, 0.15) is 5.75 Å². The minimum atomic E-state index is -0.0215. The summed E-state index contributed by atoms with van der Waals surface area (Å²) in [6.45, 7) is 10.1. The molecule has 0 saturated carbocycles. The summed E-state index contributed by atoms with van der Waals surface area (Å²) in [5, 5.41) is 8.44. The van der Waals surface area contributed by atoms with Crippen LogP contribution < -0.4 is 4.74 Å². The molecule has 3 heterocycles. The van der Waals surface area contributed by atoms with Gasteiger partial charge in [-0.15, -0.1) is 5.10 Å². The van der Waals surface area contributed by atoms with Crippen LogP contribution in [-0.4, -0.2) is 71.0 Å². The highest BCUT2D eigenvalue weighted by Crippen LogP contribution is 2.51. The van der Waals surface area contributed by atoms with E-state index in [1.807, 2.05) is 36.1 Å². The maximum absolute atomic E-state index is 13.2. The van der Waals surface area contributed by atoms with Crippen molar-refractivity contribution >= 4 is 5.91 Å². The van der Waals surface area contributed by atoms with Gasteiger partial charge in [0.05, 0.1) is 18.5 Å². The number of fused-ring (bicyclic) bond motifs is 1. The minimum absolute atomic E-state index is 0.0215. The molecular formula is C20H27N5O2.